The van der Waals surface area contributed by atoms with E-state index in [4.69, 9.17) is 0 Å². The summed E-state index contributed by atoms with van der Waals surface area (Å²) in [6, 6.07) is 14.9. The molecule has 0 aromatic heterocycles. The Kier molecular flexibility index (Phi) is 5.34. The monoisotopic (exact) mass is 303 g/mol. The van der Waals surface area contributed by atoms with Gasteiger partial charge in [-0.15, -0.1) is 0 Å². The molecule has 0 aliphatic heterocycles. The predicted molar refractivity (Wildman–Crippen MR) is 82.6 cm³/mol. The van der Waals surface area contributed by atoms with E-state index in [1.54, 1.807) is 12.1 Å². The van der Waals surface area contributed by atoms with Crippen LogP contribution < -0.4 is 10.1 Å². The number of carbonyl (C=O) groups is 1. The summed E-state index contributed by atoms with van der Waals surface area (Å²) in [5, 5.41) is 4.00. The van der Waals surface area contributed by atoms with Gasteiger partial charge in [-0.3, -0.25) is 4.72 Å². The van der Waals surface area contributed by atoms with Crippen molar-refractivity contribution in [2.24, 2.45) is 5.10 Å². The number of rotatable bonds is 4. The third kappa shape index (κ3) is 4.92. The van der Waals surface area contributed by atoms with Gasteiger partial charge in [0.1, 0.15) is 5.82 Å². The molecule has 0 radical (unpaired) electrons. The Morgan fingerprint density at radius 2 is 1.76 bits per heavy atom. The van der Waals surface area contributed by atoms with E-state index in [0.717, 1.165) is 22.4 Å². The van der Waals surface area contributed by atoms with E-state index in [0.29, 0.717) is 5.71 Å². The zero-order chi connectivity index (χ0) is 15.1. The Morgan fingerprint density at radius 3 is 2.43 bits per heavy atom. The number of nitrogens with zero attached hydrogens (tertiary/aromatic N) is 1. The molecule has 0 unspecified atom stereocenters. The molecule has 2 rings (SSSR count). The first-order valence-electron chi connectivity index (χ1n) is 6.23. The zero-order valence-corrected chi connectivity index (χ0v) is 12.2. The molecule has 0 fully saturated rings. The van der Waals surface area contributed by atoms with Crippen molar-refractivity contribution in [3.05, 3.63) is 66.0 Å². The molecular weight excluding hydrogens is 289 g/mol. The largest absolute Gasteiger partial charge is 0.345 e. The number of hydrogen-bond acceptors (Lipinski definition) is 3. The highest BCUT2D eigenvalue weighted by Crippen LogP contribution is 2.14. The van der Waals surface area contributed by atoms with Crippen LogP contribution in [0.5, 0.6) is 0 Å². The lowest BCUT2D eigenvalue weighted by molar-refractivity contribution is 0.247. The quantitative estimate of drug-likeness (QED) is 0.515. The average molecular weight is 303 g/mol. The third-order valence-corrected chi connectivity index (χ3v) is 3.39. The molecule has 2 amide bonds. The summed E-state index contributed by atoms with van der Waals surface area (Å²) < 4.78 is 15.3. The highest BCUT2D eigenvalue weighted by atomic mass is 32.2. The molecule has 0 atom stereocenters. The van der Waals surface area contributed by atoms with Gasteiger partial charge < -0.3 is 0 Å². The molecule has 0 spiro atoms. The van der Waals surface area contributed by atoms with Crippen molar-refractivity contribution in [2.75, 3.05) is 0 Å². The minimum atomic E-state index is -0.445. The van der Waals surface area contributed by atoms with Gasteiger partial charge in [0.05, 0.1) is 5.71 Å². The number of amides is 2. The number of hydrogen-bond donors (Lipinski definition) is 2. The van der Waals surface area contributed by atoms with Crippen LogP contribution in [0.4, 0.5) is 9.18 Å². The van der Waals surface area contributed by atoms with Crippen LogP contribution in [0.25, 0.3) is 0 Å². The Morgan fingerprint density at radius 1 is 1.10 bits per heavy atom. The van der Waals surface area contributed by atoms with Crippen LogP contribution in [0.1, 0.15) is 12.5 Å². The first-order valence-corrected chi connectivity index (χ1v) is 7.05. The van der Waals surface area contributed by atoms with Gasteiger partial charge in [0, 0.05) is 4.90 Å². The molecule has 6 heteroatoms. The summed E-state index contributed by atoms with van der Waals surface area (Å²) >= 11 is 1.09. The number of carbonyl (C=O) groups excluding carboxylic acids is 1. The lowest BCUT2D eigenvalue weighted by atomic mass is 10.1. The molecule has 2 aromatic carbocycles. The molecule has 21 heavy (non-hydrogen) atoms. The first kappa shape index (κ1) is 15.1. The molecule has 2 N–H and O–H groups in total. The summed E-state index contributed by atoms with van der Waals surface area (Å²) in [7, 11) is 0. The van der Waals surface area contributed by atoms with Gasteiger partial charge in [0.25, 0.3) is 0 Å². The summed E-state index contributed by atoms with van der Waals surface area (Å²) in [6.45, 7) is 1.81. The average Bonchev–Trinajstić information content (AvgIpc) is 2.53. The maximum Gasteiger partial charge on any atom is 0.345 e. The Labute approximate surface area is 126 Å². The Bertz CT molecular complexity index is 629. The standard InChI is InChI=1S/C15H14FN3OS/c1-11(12-5-3-2-4-6-12)17-18-15(20)19-21-14-9-7-13(16)8-10-14/h2-10H,1H3,(H2,18,19,20). The molecule has 0 saturated heterocycles. The van der Waals surface area contributed by atoms with Crippen LogP contribution in [0, 0.1) is 5.82 Å². The third-order valence-electron chi connectivity index (χ3n) is 2.59. The molecule has 108 valence electrons. The van der Waals surface area contributed by atoms with Crippen molar-refractivity contribution in [3.8, 4) is 0 Å². The summed E-state index contributed by atoms with van der Waals surface area (Å²) in [5.74, 6) is -0.313. The minimum Gasteiger partial charge on any atom is -0.276 e. The number of nitrogens with one attached hydrogen (secondary N) is 2. The lowest BCUT2D eigenvalue weighted by Gasteiger charge is -2.04. The molecule has 0 aliphatic carbocycles. The Hall–Kier alpha value is -2.34. The van der Waals surface area contributed by atoms with Crippen molar-refractivity contribution >= 4 is 23.7 Å². The zero-order valence-electron chi connectivity index (χ0n) is 11.3. The van der Waals surface area contributed by atoms with E-state index >= 15 is 0 Å². The van der Waals surface area contributed by atoms with Crippen LogP contribution in [-0.2, 0) is 0 Å². The van der Waals surface area contributed by atoms with Crippen LogP contribution >= 0.6 is 11.9 Å². The van der Waals surface area contributed by atoms with Crippen LogP contribution in [0.15, 0.2) is 64.6 Å². The van der Waals surface area contributed by atoms with E-state index in [2.05, 4.69) is 15.2 Å². The topological polar surface area (TPSA) is 53.5 Å². The van der Waals surface area contributed by atoms with Crippen molar-refractivity contribution in [3.63, 3.8) is 0 Å². The highest BCUT2D eigenvalue weighted by molar-refractivity contribution is 7.98. The molecule has 0 heterocycles. The van der Waals surface area contributed by atoms with Gasteiger partial charge in [-0.05, 0) is 48.7 Å². The molecule has 0 bridgehead atoms. The fourth-order valence-electron chi connectivity index (χ4n) is 1.51. The minimum absolute atomic E-state index is 0.313. The van der Waals surface area contributed by atoms with E-state index in [-0.39, 0.29) is 5.82 Å². The fraction of sp³-hybridized carbons (Fsp3) is 0.0667. The smallest absolute Gasteiger partial charge is 0.276 e. The normalized spacial score (nSPS) is 11.0. The lowest BCUT2D eigenvalue weighted by Crippen LogP contribution is -2.28. The molecule has 2 aromatic rings. The van der Waals surface area contributed by atoms with Gasteiger partial charge in [0.15, 0.2) is 0 Å². The van der Waals surface area contributed by atoms with Crippen molar-refractivity contribution in [2.45, 2.75) is 11.8 Å². The van der Waals surface area contributed by atoms with Crippen molar-refractivity contribution in [1.82, 2.24) is 10.1 Å². The van der Waals surface area contributed by atoms with Gasteiger partial charge in [0.2, 0.25) is 0 Å². The Balaban J connectivity index is 1.83. The SMILES string of the molecule is CC(=NNC(=O)NSc1ccc(F)cc1)c1ccccc1. The molecule has 0 saturated carbocycles. The van der Waals surface area contributed by atoms with E-state index in [9.17, 15) is 9.18 Å². The van der Waals surface area contributed by atoms with Crippen LogP contribution in [-0.4, -0.2) is 11.7 Å². The number of hydrazone groups is 1. The second-order valence-electron chi connectivity index (χ2n) is 4.16. The second kappa shape index (κ2) is 7.44. The van der Waals surface area contributed by atoms with Gasteiger partial charge in [-0.25, -0.2) is 14.6 Å². The molecule has 0 aliphatic rings. The maximum atomic E-state index is 12.7. The maximum absolute atomic E-state index is 12.7. The van der Waals surface area contributed by atoms with E-state index in [1.807, 2.05) is 37.3 Å². The first-order chi connectivity index (χ1) is 10.1. The summed E-state index contributed by atoms with van der Waals surface area (Å²) in [4.78, 5) is 12.3. The van der Waals surface area contributed by atoms with Gasteiger partial charge >= 0.3 is 6.03 Å². The van der Waals surface area contributed by atoms with Crippen molar-refractivity contribution < 1.29 is 9.18 Å². The molecule has 4 nitrogen and oxygen atoms in total. The van der Waals surface area contributed by atoms with E-state index in [1.165, 1.54) is 12.1 Å². The summed E-state index contributed by atoms with van der Waals surface area (Å²) in [5.41, 5.74) is 4.05. The number of benzene rings is 2. The van der Waals surface area contributed by atoms with Crippen molar-refractivity contribution in [1.29, 1.82) is 0 Å². The van der Waals surface area contributed by atoms with E-state index < -0.39 is 6.03 Å². The fourth-order valence-corrected chi connectivity index (χ4v) is 2.04. The number of urea groups is 1. The second-order valence-corrected chi connectivity index (χ2v) is 5.04. The summed E-state index contributed by atoms with van der Waals surface area (Å²) in [6.07, 6.45) is 0. The highest BCUT2D eigenvalue weighted by Gasteiger charge is 2.01. The predicted octanol–water partition coefficient (Wildman–Crippen LogP) is 3.56. The molecular formula is C15H14FN3OS. The van der Waals surface area contributed by atoms with Crippen LogP contribution in [0.2, 0.25) is 0 Å². The van der Waals surface area contributed by atoms with Gasteiger partial charge in [-0.1, -0.05) is 30.3 Å². The number of halogens is 1. The van der Waals surface area contributed by atoms with Gasteiger partial charge in [-0.2, -0.15) is 5.10 Å². The van der Waals surface area contributed by atoms with Crippen LogP contribution in [0.3, 0.4) is 0 Å².